The molecule has 0 aromatic heterocycles. The van der Waals surface area contributed by atoms with Crippen LogP contribution >= 0.6 is 0 Å². The van der Waals surface area contributed by atoms with E-state index in [0.717, 1.165) is 36.8 Å². The molecule has 3 rings (SSSR count). The molecule has 18 heavy (non-hydrogen) atoms. The summed E-state index contributed by atoms with van der Waals surface area (Å²) in [7, 11) is 0. The molecule has 2 aliphatic rings. The summed E-state index contributed by atoms with van der Waals surface area (Å²) in [5, 5.41) is 13.8. The summed E-state index contributed by atoms with van der Waals surface area (Å²) < 4.78 is 0. The fourth-order valence-corrected chi connectivity index (χ4v) is 3.40. The molecule has 3 nitrogen and oxygen atoms in total. The van der Waals surface area contributed by atoms with Crippen LogP contribution in [0.4, 0.5) is 0 Å². The first-order valence-electron chi connectivity index (χ1n) is 6.80. The topological polar surface area (TPSA) is 49.3 Å². The number of carbonyl (C=O) groups is 1. The predicted octanol–water partition coefficient (Wildman–Crippen LogP) is 2.21. The second-order valence-corrected chi connectivity index (χ2v) is 5.51. The number of aliphatic hydroxyl groups is 1. The quantitative estimate of drug-likeness (QED) is 0.797. The molecule has 1 aliphatic heterocycles. The molecule has 3 heteroatoms. The zero-order chi connectivity index (χ0) is 12.6. The number of hydrogen-bond acceptors (Lipinski definition) is 2. The molecule has 96 valence electrons. The highest BCUT2D eigenvalue weighted by Crippen LogP contribution is 2.41. The van der Waals surface area contributed by atoms with Gasteiger partial charge in [0.2, 0.25) is 0 Å². The largest absolute Gasteiger partial charge is 0.389 e. The van der Waals surface area contributed by atoms with Crippen LogP contribution in [0.25, 0.3) is 0 Å². The van der Waals surface area contributed by atoms with Crippen molar-refractivity contribution in [3.63, 3.8) is 0 Å². The van der Waals surface area contributed by atoms with Gasteiger partial charge < -0.3 is 10.4 Å². The second-order valence-electron chi connectivity index (χ2n) is 5.51. The van der Waals surface area contributed by atoms with Crippen molar-refractivity contribution in [3.8, 4) is 0 Å². The van der Waals surface area contributed by atoms with E-state index in [9.17, 15) is 9.90 Å². The van der Waals surface area contributed by atoms with Gasteiger partial charge in [-0.2, -0.15) is 0 Å². The molecule has 1 heterocycles. The molecule has 1 aromatic carbocycles. The van der Waals surface area contributed by atoms with E-state index < -0.39 is 5.60 Å². The Morgan fingerprint density at radius 3 is 2.67 bits per heavy atom. The Balaban J connectivity index is 1.99. The Morgan fingerprint density at radius 2 is 1.89 bits per heavy atom. The van der Waals surface area contributed by atoms with Crippen LogP contribution < -0.4 is 5.32 Å². The number of rotatable bonds is 1. The summed E-state index contributed by atoms with van der Waals surface area (Å²) in [6.07, 6.45) is 5.08. The van der Waals surface area contributed by atoms with Crippen molar-refractivity contribution in [2.75, 3.05) is 6.54 Å². The van der Waals surface area contributed by atoms with E-state index >= 15 is 0 Å². The van der Waals surface area contributed by atoms with Gasteiger partial charge in [0.15, 0.2) is 0 Å². The van der Waals surface area contributed by atoms with Crippen LogP contribution in [0, 0.1) is 0 Å². The highest BCUT2D eigenvalue weighted by atomic mass is 16.3. The van der Waals surface area contributed by atoms with Crippen LogP contribution in [-0.2, 0) is 0 Å². The smallest absolute Gasteiger partial charge is 0.251 e. The molecule has 2 N–H and O–H groups in total. The van der Waals surface area contributed by atoms with Gasteiger partial charge in [0, 0.05) is 18.0 Å². The summed E-state index contributed by atoms with van der Waals surface area (Å²) in [4.78, 5) is 11.8. The number of carbonyl (C=O) groups excluding carboxylic acids is 1. The van der Waals surface area contributed by atoms with Gasteiger partial charge in [-0.05, 0) is 24.5 Å². The highest BCUT2D eigenvalue weighted by Gasteiger charge is 2.41. The molecular weight excluding hydrogens is 226 g/mol. The van der Waals surface area contributed by atoms with Gasteiger partial charge >= 0.3 is 0 Å². The van der Waals surface area contributed by atoms with Gasteiger partial charge in [-0.3, -0.25) is 4.79 Å². The van der Waals surface area contributed by atoms with Gasteiger partial charge in [-0.1, -0.05) is 37.5 Å². The van der Waals surface area contributed by atoms with Crippen LogP contribution in [0.5, 0.6) is 0 Å². The maximum Gasteiger partial charge on any atom is 0.251 e. The van der Waals surface area contributed by atoms with Crippen LogP contribution in [0.15, 0.2) is 24.3 Å². The molecule has 1 amide bonds. The fraction of sp³-hybridized carbons (Fsp3) is 0.533. The molecule has 1 aromatic rings. The van der Waals surface area contributed by atoms with Gasteiger partial charge in [-0.25, -0.2) is 0 Å². The van der Waals surface area contributed by atoms with Crippen LogP contribution in [0.1, 0.15) is 53.9 Å². The van der Waals surface area contributed by atoms with E-state index in [1.54, 1.807) is 0 Å². The number of fused-ring (bicyclic) bond motifs is 1. The summed E-state index contributed by atoms with van der Waals surface area (Å²) in [5.41, 5.74) is 1.11. The Morgan fingerprint density at radius 1 is 1.17 bits per heavy atom. The third kappa shape index (κ3) is 1.83. The lowest BCUT2D eigenvalue weighted by Crippen LogP contribution is -2.47. The molecule has 0 radical (unpaired) electrons. The molecule has 1 saturated carbocycles. The molecular formula is C15H19NO2. The number of hydrogen-bond donors (Lipinski definition) is 2. The minimum absolute atomic E-state index is 0.0127. The molecule has 1 atom stereocenters. The average Bonchev–Trinajstić information content (AvgIpc) is 2.40. The first-order valence-corrected chi connectivity index (χ1v) is 6.80. The third-order valence-corrected chi connectivity index (χ3v) is 4.42. The van der Waals surface area contributed by atoms with E-state index in [1.165, 1.54) is 6.42 Å². The van der Waals surface area contributed by atoms with Crippen molar-refractivity contribution < 1.29 is 9.90 Å². The standard InChI is InChI=1S/C15H19NO2/c17-14-12-7-3-2-6-11(12)13(10-16-14)15(18)8-4-1-5-9-15/h2-3,6-7,13,18H,1,4-5,8-10H2,(H,16,17). The first-order chi connectivity index (χ1) is 8.71. The second kappa shape index (κ2) is 4.39. The summed E-state index contributed by atoms with van der Waals surface area (Å²) in [6, 6.07) is 7.68. The van der Waals surface area contributed by atoms with Crippen LogP contribution in [0.3, 0.4) is 0 Å². The van der Waals surface area contributed by atoms with Crippen LogP contribution in [0.2, 0.25) is 0 Å². The third-order valence-electron chi connectivity index (χ3n) is 4.42. The zero-order valence-corrected chi connectivity index (χ0v) is 10.5. The highest BCUT2D eigenvalue weighted by molar-refractivity contribution is 5.97. The van der Waals surface area contributed by atoms with Gasteiger partial charge in [-0.15, -0.1) is 0 Å². The lowest BCUT2D eigenvalue weighted by molar-refractivity contribution is -0.0224. The van der Waals surface area contributed by atoms with Gasteiger partial charge in [0.05, 0.1) is 5.60 Å². The van der Waals surface area contributed by atoms with E-state index in [4.69, 9.17) is 0 Å². The molecule has 0 spiro atoms. The Kier molecular flexibility index (Phi) is 2.86. The van der Waals surface area contributed by atoms with Crippen molar-refractivity contribution in [1.29, 1.82) is 0 Å². The molecule has 1 unspecified atom stereocenters. The van der Waals surface area contributed by atoms with E-state index in [2.05, 4.69) is 5.32 Å². The number of benzene rings is 1. The predicted molar refractivity (Wildman–Crippen MR) is 69.6 cm³/mol. The summed E-state index contributed by atoms with van der Waals surface area (Å²) in [5.74, 6) is 0.0351. The zero-order valence-electron chi connectivity index (χ0n) is 10.5. The van der Waals surface area contributed by atoms with Crippen LogP contribution in [-0.4, -0.2) is 23.2 Å². The fourth-order valence-electron chi connectivity index (χ4n) is 3.40. The van der Waals surface area contributed by atoms with Gasteiger partial charge in [0.1, 0.15) is 0 Å². The molecule has 0 saturated heterocycles. The SMILES string of the molecule is O=C1NCC(C2(O)CCCCC2)c2ccccc21. The lowest BCUT2D eigenvalue weighted by Gasteiger charge is -2.41. The van der Waals surface area contributed by atoms with Crippen molar-refractivity contribution >= 4 is 5.91 Å². The minimum atomic E-state index is -0.637. The van der Waals surface area contributed by atoms with E-state index in [-0.39, 0.29) is 11.8 Å². The first kappa shape index (κ1) is 11.7. The normalized spacial score (nSPS) is 26.3. The molecule has 1 fully saturated rings. The monoisotopic (exact) mass is 245 g/mol. The van der Waals surface area contributed by atoms with Gasteiger partial charge in [0.25, 0.3) is 5.91 Å². The Bertz CT molecular complexity index is 463. The maximum atomic E-state index is 11.8. The average molecular weight is 245 g/mol. The molecule has 1 aliphatic carbocycles. The van der Waals surface area contributed by atoms with E-state index in [0.29, 0.717) is 6.54 Å². The number of amides is 1. The molecule has 0 bridgehead atoms. The summed E-state index contributed by atoms with van der Waals surface area (Å²) in [6.45, 7) is 0.562. The Hall–Kier alpha value is -1.35. The lowest BCUT2D eigenvalue weighted by atomic mass is 9.71. The Labute approximate surface area is 107 Å². The summed E-state index contributed by atoms with van der Waals surface area (Å²) >= 11 is 0. The maximum absolute atomic E-state index is 11.8. The minimum Gasteiger partial charge on any atom is -0.389 e. The van der Waals surface area contributed by atoms with Crippen molar-refractivity contribution in [3.05, 3.63) is 35.4 Å². The van der Waals surface area contributed by atoms with Crippen molar-refractivity contribution in [2.24, 2.45) is 0 Å². The van der Waals surface area contributed by atoms with E-state index in [1.807, 2.05) is 24.3 Å². The number of nitrogens with one attached hydrogen (secondary N) is 1. The van der Waals surface area contributed by atoms with Crippen molar-refractivity contribution in [1.82, 2.24) is 5.32 Å². The van der Waals surface area contributed by atoms with Crippen molar-refractivity contribution in [2.45, 2.75) is 43.6 Å².